The number of carbonyl (C=O) groups is 1. The first-order valence-electron chi connectivity index (χ1n) is 10.4. The summed E-state index contributed by atoms with van der Waals surface area (Å²) in [5.41, 5.74) is 5.26. The molecule has 1 aromatic carbocycles. The van der Waals surface area contributed by atoms with Crippen LogP contribution in [0.15, 0.2) is 22.0 Å². The van der Waals surface area contributed by atoms with Crippen LogP contribution >= 0.6 is 11.8 Å². The molecule has 1 amide bonds. The molecule has 3 rings (SSSR count). The Morgan fingerprint density at radius 3 is 2.57 bits per heavy atom. The third-order valence-corrected chi connectivity index (χ3v) is 6.92. The Morgan fingerprint density at radius 2 is 1.96 bits per heavy atom. The molecule has 0 spiro atoms. The predicted octanol–water partition coefficient (Wildman–Crippen LogP) is 5.42. The van der Waals surface area contributed by atoms with Gasteiger partial charge in [0, 0.05) is 30.9 Å². The van der Waals surface area contributed by atoms with Crippen LogP contribution in [0.2, 0.25) is 0 Å². The second kappa shape index (κ2) is 7.94. The van der Waals surface area contributed by atoms with E-state index < -0.39 is 0 Å². The van der Waals surface area contributed by atoms with Crippen molar-refractivity contribution in [2.24, 2.45) is 4.99 Å². The van der Waals surface area contributed by atoms with E-state index in [1.54, 1.807) is 4.90 Å². The van der Waals surface area contributed by atoms with Crippen LogP contribution in [0.4, 0.5) is 5.69 Å². The Balaban J connectivity index is 2.04. The number of anilines is 1. The molecule has 4 nitrogen and oxygen atoms in total. The highest BCUT2D eigenvalue weighted by atomic mass is 32.2. The van der Waals surface area contributed by atoms with Gasteiger partial charge in [0.25, 0.3) is 5.91 Å². The summed E-state index contributed by atoms with van der Waals surface area (Å²) in [6.45, 7) is 17.7. The quantitative estimate of drug-likeness (QED) is 0.634. The van der Waals surface area contributed by atoms with Crippen LogP contribution in [0.5, 0.6) is 0 Å². The summed E-state index contributed by atoms with van der Waals surface area (Å²) in [6.07, 6.45) is 3.20. The summed E-state index contributed by atoms with van der Waals surface area (Å²) in [6, 6.07) is 4.62. The summed E-state index contributed by atoms with van der Waals surface area (Å²) < 4.78 is 0. The minimum Gasteiger partial charge on any atom is -0.366 e. The number of nitrogens with zero attached hydrogens (tertiary/aromatic N) is 3. The number of carbonyl (C=O) groups excluding carboxylic acids is 1. The maximum atomic E-state index is 12.8. The zero-order valence-corrected chi connectivity index (χ0v) is 19.1. The van der Waals surface area contributed by atoms with Crippen LogP contribution in [0.25, 0.3) is 6.08 Å². The topological polar surface area (TPSA) is 35.9 Å². The molecule has 1 unspecified atom stereocenters. The van der Waals surface area contributed by atoms with Crippen LogP contribution in [-0.2, 0) is 4.79 Å². The van der Waals surface area contributed by atoms with Crippen molar-refractivity contribution in [3.63, 3.8) is 0 Å². The molecular weight excluding hydrogens is 366 g/mol. The van der Waals surface area contributed by atoms with E-state index in [9.17, 15) is 4.79 Å². The number of amides is 1. The number of amidine groups is 1. The Morgan fingerprint density at radius 1 is 1.25 bits per heavy atom. The molecule has 1 saturated heterocycles. The van der Waals surface area contributed by atoms with Crippen molar-refractivity contribution in [3.05, 3.63) is 33.7 Å². The number of hydrogen-bond acceptors (Lipinski definition) is 4. The van der Waals surface area contributed by atoms with Crippen LogP contribution in [0.3, 0.4) is 0 Å². The van der Waals surface area contributed by atoms with E-state index in [0.29, 0.717) is 19.0 Å². The van der Waals surface area contributed by atoms with Crippen molar-refractivity contribution < 1.29 is 4.79 Å². The average Bonchev–Trinajstić information content (AvgIpc) is 2.91. The van der Waals surface area contributed by atoms with E-state index in [4.69, 9.17) is 0 Å². The van der Waals surface area contributed by atoms with Crippen LogP contribution in [0, 0.1) is 6.92 Å². The van der Waals surface area contributed by atoms with Crippen molar-refractivity contribution in [2.75, 3.05) is 24.5 Å². The fraction of sp³-hybridized carbons (Fsp3) is 0.565. The van der Waals surface area contributed by atoms with E-state index in [1.165, 1.54) is 28.6 Å². The molecule has 1 fully saturated rings. The number of benzene rings is 1. The van der Waals surface area contributed by atoms with Gasteiger partial charge in [0.15, 0.2) is 5.17 Å². The summed E-state index contributed by atoms with van der Waals surface area (Å²) in [4.78, 5) is 22.4. The van der Waals surface area contributed by atoms with Crippen molar-refractivity contribution in [3.8, 4) is 0 Å². The lowest BCUT2D eigenvalue weighted by atomic mass is 9.79. The maximum absolute atomic E-state index is 12.8. The lowest BCUT2D eigenvalue weighted by molar-refractivity contribution is -0.122. The smallest absolute Gasteiger partial charge is 0.266 e. The average molecular weight is 400 g/mol. The number of rotatable bonds is 4. The van der Waals surface area contributed by atoms with Crippen molar-refractivity contribution >= 4 is 34.6 Å². The molecule has 5 heteroatoms. The second-order valence-corrected chi connectivity index (χ2v) is 9.36. The van der Waals surface area contributed by atoms with E-state index in [0.717, 1.165) is 28.6 Å². The molecule has 0 saturated carbocycles. The lowest BCUT2D eigenvalue weighted by Gasteiger charge is -2.47. The SMILES string of the molecule is CCN=C1S/C(=C/c2cc3c(cc2C)N(CC)C(C)(C)CC3C)C(=O)N1CC. The van der Waals surface area contributed by atoms with E-state index in [-0.39, 0.29) is 11.4 Å². The van der Waals surface area contributed by atoms with Gasteiger partial charge >= 0.3 is 0 Å². The fourth-order valence-corrected chi connectivity index (χ4v) is 5.68. The van der Waals surface area contributed by atoms with Gasteiger partial charge in [0.2, 0.25) is 0 Å². The number of aliphatic imine (C=N–C) groups is 1. The highest BCUT2D eigenvalue weighted by Gasteiger charge is 2.36. The number of fused-ring (bicyclic) bond motifs is 1. The molecule has 2 aliphatic heterocycles. The Kier molecular flexibility index (Phi) is 5.95. The molecule has 2 aliphatic rings. The number of thioether (sulfide) groups is 1. The van der Waals surface area contributed by atoms with Gasteiger partial charge in [-0.2, -0.15) is 0 Å². The molecule has 2 heterocycles. The van der Waals surface area contributed by atoms with E-state index in [1.807, 2.05) is 13.8 Å². The molecule has 0 radical (unpaired) electrons. The van der Waals surface area contributed by atoms with Gasteiger partial charge in [0.05, 0.1) is 4.91 Å². The normalized spacial score (nSPS) is 24.4. The van der Waals surface area contributed by atoms with Gasteiger partial charge in [-0.15, -0.1) is 0 Å². The van der Waals surface area contributed by atoms with Gasteiger partial charge in [0.1, 0.15) is 0 Å². The second-order valence-electron chi connectivity index (χ2n) is 8.35. The predicted molar refractivity (Wildman–Crippen MR) is 122 cm³/mol. The summed E-state index contributed by atoms with van der Waals surface area (Å²) in [7, 11) is 0. The lowest BCUT2D eigenvalue weighted by Crippen LogP contribution is -2.48. The van der Waals surface area contributed by atoms with Crippen molar-refractivity contribution in [1.29, 1.82) is 0 Å². The standard InChI is InChI=1S/C23H33N3OS/c1-8-24-22-25(9-2)21(27)20(28-22)13-17-12-18-16(5)14-23(6,7)26(10-3)19(18)11-15(17)4/h11-13,16H,8-10,14H2,1-7H3/b20-13+,24-22?. The van der Waals surface area contributed by atoms with E-state index >= 15 is 0 Å². The molecule has 1 aromatic rings. The largest absolute Gasteiger partial charge is 0.366 e. The van der Waals surface area contributed by atoms with Crippen LogP contribution in [-0.4, -0.2) is 41.1 Å². The minimum absolute atomic E-state index is 0.0705. The first-order chi connectivity index (χ1) is 13.2. The molecular formula is C23H33N3OS. The summed E-state index contributed by atoms with van der Waals surface area (Å²) >= 11 is 1.50. The van der Waals surface area contributed by atoms with Gasteiger partial charge in [-0.05, 0) is 101 Å². The van der Waals surface area contributed by atoms with Gasteiger partial charge in [-0.1, -0.05) is 6.92 Å². The zero-order valence-electron chi connectivity index (χ0n) is 18.3. The first-order valence-corrected chi connectivity index (χ1v) is 11.2. The highest BCUT2D eigenvalue weighted by molar-refractivity contribution is 8.18. The summed E-state index contributed by atoms with van der Waals surface area (Å²) in [5, 5.41) is 0.823. The molecule has 0 aromatic heterocycles. The highest BCUT2D eigenvalue weighted by Crippen LogP contribution is 2.44. The maximum Gasteiger partial charge on any atom is 0.266 e. The van der Waals surface area contributed by atoms with Gasteiger partial charge in [-0.25, -0.2) is 0 Å². The van der Waals surface area contributed by atoms with Crippen molar-refractivity contribution in [1.82, 2.24) is 4.90 Å². The molecule has 1 atom stereocenters. The molecule has 152 valence electrons. The van der Waals surface area contributed by atoms with Crippen LogP contribution < -0.4 is 4.90 Å². The van der Waals surface area contributed by atoms with Crippen molar-refractivity contribution in [2.45, 2.75) is 66.3 Å². The number of aryl methyl sites for hydroxylation is 1. The van der Waals surface area contributed by atoms with Crippen LogP contribution in [0.1, 0.15) is 70.6 Å². The zero-order chi connectivity index (χ0) is 20.6. The fourth-order valence-electron chi connectivity index (χ4n) is 4.59. The minimum atomic E-state index is 0.0705. The van der Waals surface area contributed by atoms with E-state index in [2.05, 4.69) is 62.7 Å². The number of hydrogen-bond donors (Lipinski definition) is 0. The first kappa shape index (κ1) is 21.0. The monoisotopic (exact) mass is 399 g/mol. The van der Waals surface area contributed by atoms with Gasteiger partial charge < -0.3 is 4.90 Å². The summed E-state index contributed by atoms with van der Waals surface area (Å²) in [5.74, 6) is 0.572. The third-order valence-electron chi connectivity index (χ3n) is 5.87. The third kappa shape index (κ3) is 3.61. The Labute approximate surface area is 174 Å². The Bertz CT molecular complexity index is 840. The molecule has 0 aliphatic carbocycles. The molecule has 0 N–H and O–H groups in total. The molecule has 28 heavy (non-hydrogen) atoms. The number of likely N-dealkylation sites (N-methyl/N-ethyl adjacent to an activating group) is 1. The van der Waals surface area contributed by atoms with Gasteiger partial charge in [-0.3, -0.25) is 14.7 Å². The molecule has 0 bridgehead atoms. The Hall–Kier alpha value is -1.75.